The van der Waals surface area contributed by atoms with Gasteiger partial charge in [-0.25, -0.2) is 14.1 Å². The van der Waals surface area contributed by atoms with Crippen molar-refractivity contribution in [3.05, 3.63) is 46.8 Å². The zero-order valence-electron chi connectivity index (χ0n) is 12.5. The Hall–Kier alpha value is -1.46. The van der Waals surface area contributed by atoms with Crippen molar-refractivity contribution >= 4 is 11.6 Å². The van der Waals surface area contributed by atoms with E-state index in [0.717, 1.165) is 17.8 Å². The molecule has 1 unspecified atom stereocenters. The van der Waals surface area contributed by atoms with Crippen LogP contribution in [0.2, 0.25) is 5.02 Å². The first-order valence-electron chi connectivity index (χ1n) is 7.00. The fourth-order valence-corrected chi connectivity index (χ4v) is 2.55. The smallest absolute Gasteiger partial charge is 0.138 e. The van der Waals surface area contributed by atoms with Crippen LogP contribution in [-0.2, 0) is 12.8 Å². The largest absolute Gasteiger partial charge is 0.316 e. The van der Waals surface area contributed by atoms with Crippen LogP contribution in [0.5, 0.6) is 0 Å². The lowest BCUT2D eigenvalue weighted by atomic mass is 10.0. The predicted molar refractivity (Wildman–Crippen MR) is 82.1 cm³/mol. The first-order valence-corrected chi connectivity index (χ1v) is 7.38. The predicted octanol–water partition coefficient (Wildman–Crippen LogP) is 3.02. The van der Waals surface area contributed by atoms with Crippen molar-refractivity contribution in [1.82, 2.24) is 20.1 Å². The minimum absolute atomic E-state index is 0.162. The Bertz CT molecular complexity index is 597. The highest BCUT2D eigenvalue weighted by Gasteiger charge is 2.16. The average Bonchev–Trinajstić information content (AvgIpc) is 2.89. The molecule has 2 rings (SSSR count). The number of benzene rings is 1. The summed E-state index contributed by atoms with van der Waals surface area (Å²) in [5.74, 6) is 0.617. The molecule has 0 saturated heterocycles. The van der Waals surface area contributed by atoms with E-state index in [1.54, 1.807) is 12.4 Å². The van der Waals surface area contributed by atoms with E-state index in [1.807, 2.05) is 11.7 Å². The second kappa shape index (κ2) is 7.00. The standard InChI is InChI=1S/C15H20ClFN4/c1-10(2)21-15(19-9-20-21)8-13(18-3)6-11-4-5-12(17)7-14(11)16/h4-5,7,9-10,13,18H,6,8H2,1-3H3. The zero-order valence-corrected chi connectivity index (χ0v) is 13.2. The number of aromatic nitrogens is 3. The summed E-state index contributed by atoms with van der Waals surface area (Å²) in [6.07, 6.45) is 3.02. The summed E-state index contributed by atoms with van der Waals surface area (Å²) >= 11 is 6.09. The molecule has 1 atom stereocenters. The lowest BCUT2D eigenvalue weighted by Gasteiger charge is -2.18. The SMILES string of the molecule is CNC(Cc1ccc(F)cc1Cl)Cc1ncnn1C(C)C. The van der Waals surface area contributed by atoms with Crippen LogP contribution in [0.4, 0.5) is 4.39 Å². The normalized spacial score (nSPS) is 12.9. The van der Waals surface area contributed by atoms with Crippen LogP contribution in [0.25, 0.3) is 0 Å². The molecule has 0 amide bonds. The number of rotatable bonds is 6. The molecule has 114 valence electrons. The molecule has 21 heavy (non-hydrogen) atoms. The van der Waals surface area contributed by atoms with Gasteiger partial charge in [0.25, 0.3) is 0 Å². The van der Waals surface area contributed by atoms with E-state index < -0.39 is 0 Å². The lowest BCUT2D eigenvalue weighted by Crippen LogP contribution is -2.31. The molecule has 1 aromatic heterocycles. The highest BCUT2D eigenvalue weighted by Crippen LogP contribution is 2.20. The molecule has 0 spiro atoms. The molecule has 0 saturated carbocycles. The number of nitrogens with zero attached hydrogens (tertiary/aromatic N) is 3. The van der Waals surface area contributed by atoms with Gasteiger partial charge < -0.3 is 5.32 Å². The number of hydrogen-bond acceptors (Lipinski definition) is 3. The molecule has 0 aliphatic carbocycles. The van der Waals surface area contributed by atoms with Gasteiger partial charge in [0.2, 0.25) is 0 Å². The monoisotopic (exact) mass is 310 g/mol. The Labute approximate surface area is 129 Å². The van der Waals surface area contributed by atoms with Gasteiger partial charge in [-0.1, -0.05) is 17.7 Å². The van der Waals surface area contributed by atoms with Crippen LogP contribution in [-0.4, -0.2) is 27.9 Å². The van der Waals surface area contributed by atoms with Gasteiger partial charge in [-0.3, -0.25) is 0 Å². The van der Waals surface area contributed by atoms with Gasteiger partial charge >= 0.3 is 0 Å². The Morgan fingerprint density at radius 3 is 2.71 bits per heavy atom. The lowest BCUT2D eigenvalue weighted by molar-refractivity contribution is 0.470. The molecule has 2 aromatic rings. The summed E-state index contributed by atoms with van der Waals surface area (Å²) in [4.78, 5) is 4.32. The summed E-state index contributed by atoms with van der Waals surface area (Å²) in [5, 5.41) is 7.96. The first-order chi connectivity index (χ1) is 10.0. The van der Waals surface area contributed by atoms with Crippen LogP contribution < -0.4 is 5.32 Å². The molecular formula is C15H20ClFN4. The molecule has 0 aliphatic rings. The number of nitrogens with one attached hydrogen (secondary N) is 1. The van der Waals surface area contributed by atoms with Gasteiger partial charge in [0, 0.05) is 23.5 Å². The van der Waals surface area contributed by atoms with Gasteiger partial charge in [0.05, 0.1) is 0 Å². The van der Waals surface area contributed by atoms with Gasteiger partial charge in [-0.05, 0) is 45.0 Å². The minimum atomic E-state index is -0.315. The van der Waals surface area contributed by atoms with E-state index in [-0.39, 0.29) is 17.9 Å². The molecule has 0 radical (unpaired) electrons. The maximum atomic E-state index is 13.1. The molecule has 1 aromatic carbocycles. The maximum Gasteiger partial charge on any atom is 0.138 e. The second-order valence-corrected chi connectivity index (χ2v) is 5.75. The van der Waals surface area contributed by atoms with E-state index in [9.17, 15) is 4.39 Å². The average molecular weight is 311 g/mol. The molecule has 0 fully saturated rings. The third-order valence-corrected chi connectivity index (χ3v) is 3.81. The first kappa shape index (κ1) is 15.9. The van der Waals surface area contributed by atoms with Crippen LogP contribution in [0.1, 0.15) is 31.3 Å². The summed E-state index contributed by atoms with van der Waals surface area (Å²) in [6, 6.07) is 4.95. The Balaban J connectivity index is 2.11. The van der Waals surface area contributed by atoms with E-state index in [0.29, 0.717) is 11.4 Å². The van der Waals surface area contributed by atoms with Crippen molar-refractivity contribution < 1.29 is 4.39 Å². The van der Waals surface area contributed by atoms with Crippen molar-refractivity contribution in [3.63, 3.8) is 0 Å². The second-order valence-electron chi connectivity index (χ2n) is 5.34. The van der Waals surface area contributed by atoms with Gasteiger partial charge in [0.15, 0.2) is 0 Å². The van der Waals surface area contributed by atoms with Crippen molar-refractivity contribution in [3.8, 4) is 0 Å². The fraction of sp³-hybridized carbons (Fsp3) is 0.467. The third kappa shape index (κ3) is 4.02. The van der Waals surface area contributed by atoms with Crippen LogP contribution >= 0.6 is 11.6 Å². The topological polar surface area (TPSA) is 42.7 Å². The fourth-order valence-electron chi connectivity index (χ4n) is 2.30. The van der Waals surface area contributed by atoms with E-state index in [4.69, 9.17) is 11.6 Å². The van der Waals surface area contributed by atoms with Crippen molar-refractivity contribution in [1.29, 1.82) is 0 Å². The van der Waals surface area contributed by atoms with Gasteiger partial charge in [-0.15, -0.1) is 0 Å². The Morgan fingerprint density at radius 1 is 1.33 bits per heavy atom. The number of halogens is 2. The highest BCUT2D eigenvalue weighted by atomic mass is 35.5. The molecule has 4 nitrogen and oxygen atoms in total. The zero-order chi connectivity index (χ0) is 15.4. The maximum absolute atomic E-state index is 13.1. The van der Waals surface area contributed by atoms with E-state index >= 15 is 0 Å². The molecule has 1 heterocycles. The summed E-state index contributed by atoms with van der Waals surface area (Å²) < 4.78 is 15.0. The number of hydrogen-bond donors (Lipinski definition) is 1. The van der Waals surface area contributed by atoms with Gasteiger partial charge in [0.1, 0.15) is 18.0 Å². The highest BCUT2D eigenvalue weighted by molar-refractivity contribution is 6.31. The van der Waals surface area contributed by atoms with Gasteiger partial charge in [-0.2, -0.15) is 5.10 Å². The van der Waals surface area contributed by atoms with Crippen molar-refractivity contribution in [2.24, 2.45) is 0 Å². The number of likely N-dealkylation sites (N-methyl/N-ethyl adjacent to an activating group) is 1. The van der Waals surface area contributed by atoms with Crippen LogP contribution in [0.15, 0.2) is 24.5 Å². The third-order valence-electron chi connectivity index (χ3n) is 3.46. The summed E-state index contributed by atoms with van der Waals surface area (Å²) in [5.41, 5.74) is 0.924. The van der Waals surface area contributed by atoms with Crippen molar-refractivity contribution in [2.45, 2.75) is 38.8 Å². The molecule has 1 N–H and O–H groups in total. The molecule has 0 aliphatic heterocycles. The Morgan fingerprint density at radius 2 is 2.10 bits per heavy atom. The quantitative estimate of drug-likeness (QED) is 0.892. The molecule has 6 heteroatoms. The Kier molecular flexibility index (Phi) is 5.31. The van der Waals surface area contributed by atoms with Crippen LogP contribution in [0.3, 0.4) is 0 Å². The van der Waals surface area contributed by atoms with Crippen molar-refractivity contribution in [2.75, 3.05) is 7.05 Å². The minimum Gasteiger partial charge on any atom is -0.316 e. The van der Waals surface area contributed by atoms with E-state index in [2.05, 4.69) is 29.2 Å². The summed E-state index contributed by atoms with van der Waals surface area (Å²) in [7, 11) is 1.90. The van der Waals surface area contributed by atoms with E-state index in [1.165, 1.54) is 12.1 Å². The molecular weight excluding hydrogens is 291 g/mol. The van der Waals surface area contributed by atoms with Crippen LogP contribution in [0, 0.1) is 5.82 Å². The molecule has 0 bridgehead atoms. The summed E-state index contributed by atoms with van der Waals surface area (Å²) in [6.45, 7) is 4.15.